The predicted octanol–water partition coefficient (Wildman–Crippen LogP) is -0.210. The summed E-state index contributed by atoms with van der Waals surface area (Å²) in [5.74, 6) is -1.20. The highest BCUT2D eigenvalue weighted by Crippen LogP contribution is 2.19. The van der Waals surface area contributed by atoms with Crippen LogP contribution in [0.2, 0.25) is 0 Å². The van der Waals surface area contributed by atoms with Gasteiger partial charge in [-0.15, -0.1) is 0 Å². The van der Waals surface area contributed by atoms with E-state index in [0.29, 0.717) is 13.2 Å². The summed E-state index contributed by atoms with van der Waals surface area (Å²) in [7, 11) is 1.91. The molecular weight excluding hydrogens is 198 g/mol. The minimum atomic E-state index is -0.786. The molecule has 1 fully saturated rings. The standard InChI is InChI=1S/C10H19NO4/c1-11(4-2-3-5-12)9-7-15-6-8(9)10(13)14/h8-9,12H,2-7H2,1H3,(H,13,14). The van der Waals surface area contributed by atoms with Crippen molar-refractivity contribution in [1.82, 2.24) is 4.90 Å². The third kappa shape index (κ3) is 3.44. The van der Waals surface area contributed by atoms with Crippen LogP contribution in [0, 0.1) is 5.92 Å². The number of aliphatic carboxylic acids is 1. The molecule has 0 aromatic carbocycles. The van der Waals surface area contributed by atoms with E-state index >= 15 is 0 Å². The van der Waals surface area contributed by atoms with E-state index in [-0.39, 0.29) is 12.6 Å². The average molecular weight is 217 g/mol. The van der Waals surface area contributed by atoms with E-state index in [9.17, 15) is 4.79 Å². The fourth-order valence-electron chi connectivity index (χ4n) is 1.85. The van der Waals surface area contributed by atoms with Crippen LogP contribution in [0.1, 0.15) is 12.8 Å². The van der Waals surface area contributed by atoms with Crippen LogP contribution < -0.4 is 0 Å². The molecule has 0 aliphatic carbocycles. The number of aliphatic hydroxyl groups excluding tert-OH is 1. The predicted molar refractivity (Wildman–Crippen MR) is 54.7 cm³/mol. The van der Waals surface area contributed by atoms with Gasteiger partial charge in [0, 0.05) is 12.6 Å². The maximum absolute atomic E-state index is 10.9. The van der Waals surface area contributed by atoms with Crippen LogP contribution in [0.15, 0.2) is 0 Å². The lowest BCUT2D eigenvalue weighted by atomic mass is 10.0. The van der Waals surface area contributed by atoms with Crippen LogP contribution in [0.4, 0.5) is 0 Å². The lowest BCUT2D eigenvalue weighted by molar-refractivity contribution is -0.143. The number of ether oxygens (including phenoxy) is 1. The Balaban J connectivity index is 2.36. The number of likely N-dealkylation sites (N-methyl/N-ethyl adjacent to an activating group) is 1. The molecule has 1 aliphatic rings. The Morgan fingerprint density at radius 2 is 2.20 bits per heavy atom. The Labute approximate surface area is 89.6 Å². The van der Waals surface area contributed by atoms with E-state index in [1.165, 1.54) is 0 Å². The van der Waals surface area contributed by atoms with E-state index in [1.54, 1.807) is 0 Å². The zero-order valence-electron chi connectivity index (χ0n) is 9.06. The van der Waals surface area contributed by atoms with Crippen LogP contribution >= 0.6 is 0 Å². The second-order valence-corrected chi connectivity index (χ2v) is 3.96. The number of carboxylic acids is 1. The SMILES string of the molecule is CN(CCCCO)C1COCC1C(=O)O. The molecule has 0 radical (unpaired) electrons. The molecule has 1 rings (SSSR count). The number of carbonyl (C=O) groups is 1. The number of rotatable bonds is 6. The van der Waals surface area contributed by atoms with Crippen LogP contribution in [0.25, 0.3) is 0 Å². The summed E-state index contributed by atoms with van der Waals surface area (Å²) >= 11 is 0. The van der Waals surface area contributed by atoms with Crippen LogP contribution in [-0.4, -0.2) is 60.5 Å². The van der Waals surface area contributed by atoms with Gasteiger partial charge in [-0.2, -0.15) is 0 Å². The van der Waals surface area contributed by atoms with Crippen molar-refractivity contribution in [3.8, 4) is 0 Å². The second-order valence-electron chi connectivity index (χ2n) is 3.96. The molecule has 5 heteroatoms. The number of aliphatic hydroxyl groups is 1. The molecule has 0 saturated carbocycles. The first-order valence-electron chi connectivity index (χ1n) is 5.28. The lowest BCUT2D eigenvalue weighted by Gasteiger charge is -2.25. The quantitative estimate of drug-likeness (QED) is 0.602. The average Bonchev–Trinajstić information content (AvgIpc) is 2.66. The van der Waals surface area contributed by atoms with Gasteiger partial charge in [0.2, 0.25) is 0 Å². The first-order valence-corrected chi connectivity index (χ1v) is 5.28. The molecule has 2 N–H and O–H groups in total. The normalized spacial score (nSPS) is 26.1. The van der Waals surface area contributed by atoms with Crippen molar-refractivity contribution in [3.05, 3.63) is 0 Å². The number of nitrogens with zero attached hydrogens (tertiary/aromatic N) is 1. The van der Waals surface area contributed by atoms with Crippen LogP contribution in [0.5, 0.6) is 0 Å². The number of hydrogen-bond acceptors (Lipinski definition) is 4. The highest BCUT2D eigenvalue weighted by molar-refractivity contribution is 5.71. The summed E-state index contributed by atoms with van der Waals surface area (Å²) in [6, 6.07) is -0.0267. The number of hydrogen-bond donors (Lipinski definition) is 2. The maximum Gasteiger partial charge on any atom is 0.310 e. The fourth-order valence-corrected chi connectivity index (χ4v) is 1.85. The summed E-state index contributed by atoms with van der Waals surface area (Å²) < 4.78 is 5.19. The summed E-state index contributed by atoms with van der Waals surface area (Å²) in [6.07, 6.45) is 1.64. The molecule has 5 nitrogen and oxygen atoms in total. The molecule has 2 unspecified atom stereocenters. The van der Waals surface area contributed by atoms with Crippen molar-refractivity contribution < 1.29 is 19.7 Å². The summed E-state index contributed by atoms with van der Waals surface area (Å²) in [5, 5.41) is 17.6. The van der Waals surface area contributed by atoms with Crippen molar-refractivity contribution in [1.29, 1.82) is 0 Å². The number of carboxylic acid groups (broad SMARTS) is 1. The highest BCUT2D eigenvalue weighted by atomic mass is 16.5. The molecule has 0 amide bonds. The molecule has 88 valence electrons. The smallest absolute Gasteiger partial charge is 0.310 e. The molecule has 2 atom stereocenters. The third-order valence-corrected chi connectivity index (χ3v) is 2.85. The third-order valence-electron chi connectivity index (χ3n) is 2.85. The molecule has 1 heterocycles. The van der Waals surface area contributed by atoms with E-state index in [0.717, 1.165) is 19.4 Å². The molecule has 1 saturated heterocycles. The maximum atomic E-state index is 10.9. The molecule has 0 aromatic rings. The molecule has 1 aliphatic heterocycles. The first-order chi connectivity index (χ1) is 7.16. The van der Waals surface area contributed by atoms with Gasteiger partial charge in [0.25, 0.3) is 0 Å². The van der Waals surface area contributed by atoms with Gasteiger partial charge < -0.3 is 19.8 Å². The molecule has 0 spiro atoms. The Bertz CT molecular complexity index is 210. The monoisotopic (exact) mass is 217 g/mol. The van der Waals surface area contributed by atoms with Crippen molar-refractivity contribution in [2.45, 2.75) is 18.9 Å². The van der Waals surface area contributed by atoms with E-state index in [4.69, 9.17) is 14.9 Å². The van der Waals surface area contributed by atoms with Crippen molar-refractivity contribution in [2.24, 2.45) is 5.92 Å². The summed E-state index contributed by atoms with van der Waals surface area (Å²) in [4.78, 5) is 12.9. The van der Waals surface area contributed by atoms with E-state index in [1.807, 2.05) is 11.9 Å². The summed E-state index contributed by atoms with van der Waals surface area (Å²) in [6.45, 7) is 1.80. The molecule has 15 heavy (non-hydrogen) atoms. The minimum absolute atomic E-state index is 0.0267. The molecular formula is C10H19NO4. The van der Waals surface area contributed by atoms with Gasteiger partial charge in [0.1, 0.15) is 0 Å². The van der Waals surface area contributed by atoms with Gasteiger partial charge in [-0.25, -0.2) is 0 Å². The lowest BCUT2D eigenvalue weighted by Crippen LogP contribution is -2.41. The van der Waals surface area contributed by atoms with Crippen LogP contribution in [0.3, 0.4) is 0 Å². The van der Waals surface area contributed by atoms with Gasteiger partial charge in [0.05, 0.1) is 19.1 Å². The summed E-state index contributed by atoms with van der Waals surface area (Å²) in [5.41, 5.74) is 0. The van der Waals surface area contributed by atoms with Crippen molar-refractivity contribution in [2.75, 3.05) is 33.4 Å². The molecule has 0 aromatic heterocycles. The Hall–Kier alpha value is -0.650. The first kappa shape index (κ1) is 12.4. The Morgan fingerprint density at radius 1 is 1.47 bits per heavy atom. The van der Waals surface area contributed by atoms with Crippen LogP contribution in [-0.2, 0) is 9.53 Å². The fraction of sp³-hybridized carbons (Fsp3) is 0.900. The zero-order valence-corrected chi connectivity index (χ0v) is 9.06. The minimum Gasteiger partial charge on any atom is -0.481 e. The van der Waals surface area contributed by atoms with Gasteiger partial charge in [-0.05, 0) is 26.4 Å². The van der Waals surface area contributed by atoms with E-state index in [2.05, 4.69) is 0 Å². The topological polar surface area (TPSA) is 70.0 Å². The largest absolute Gasteiger partial charge is 0.481 e. The molecule has 0 bridgehead atoms. The van der Waals surface area contributed by atoms with Gasteiger partial charge >= 0.3 is 5.97 Å². The van der Waals surface area contributed by atoms with Gasteiger partial charge in [0.15, 0.2) is 0 Å². The zero-order chi connectivity index (χ0) is 11.3. The van der Waals surface area contributed by atoms with Gasteiger partial charge in [-0.3, -0.25) is 4.79 Å². The Kier molecular flexibility index (Phi) is 5.01. The highest BCUT2D eigenvalue weighted by Gasteiger charge is 2.36. The van der Waals surface area contributed by atoms with E-state index < -0.39 is 11.9 Å². The van der Waals surface area contributed by atoms with Gasteiger partial charge in [-0.1, -0.05) is 0 Å². The second kappa shape index (κ2) is 6.05. The van der Waals surface area contributed by atoms with Crippen molar-refractivity contribution >= 4 is 5.97 Å². The van der Waals surface area contributed by atoms with Crippen molar-refractivity contribution in [3.63, 3.8) is 0 Å². The Morgan fingerprint density at radius 3 is 2.80 bits per heavy atom. The number of unbranched alkanes of at least 4 members (excludes halogenated alkanes) is 1.